The highest BCUT2D eigenvalue weighted by molar-refractivity contribution is 6.35. The fraction of sp³-hybridized carbons (Fsp3) is 0.111. The van der Waals surface area contributed by atoms with Gasteiger partial charge in [0.25, 0.3) is 0 Å². The number of aromatic nitrogens is 1. The van der Waals surface area contributed by atoms with Gasteiger partial charge in [-0.2, -0.15) is 0 Å². The molecule has 0 spiro atoms. The molecule has 1 heterocycles. The van der Waals surface area contributed by atoms with Crippen LogP contribution in [0.4, 0.5) is 0 Å². The van der Waals surface area contributed by atoms with Crippen molar-refractivity contribution in [3.8, 4) is 0 Å². The van der Waals surface area contributed by atoms with E-state index in [1.54, 1.807) is 0 Å². The van der Waals surface area contributed by atoms with E-state index in [4.69, 9.17) is 16.8 Å². The predicted octanol–water partition coefficient (Wildman–Crippen LogP) is 2.30. The quantitative estimate of drug-likeness (QED) is 0.646. The van der Waals surface area contributed by atoms with Crippen LogP contribution >= 0.6 is 11.6 Å². The number of H-pyrrole nitrogens is 1. The molecular formula is C9H9ClN2O. The summed E-state index contributed by atoms with van der Waals surface area (Å²) in [7, 11) is 0. The van der Waals surface area contributed by atoms with Crippen LogP contribution in [-0.4, -0.2) is 10.2 Å². The Kier molecular flexibility index (Phi) is 2.22. The van der Waals surface area contributed by atoms with Crippen LogP contribution in [0, 0.1) is 0 Å². The predicted molar refractivity (Wildman–Crippen MR) is 51.9 cm³/mol. The summed E-state index contributed by atoms with van der Waals surface area (Å²) in [5, 5.41) is 10.2. The first-order chi connectivity index (χ1) is 6.33. The molecule has 0 aliphatic heterocycles. The summed E-state index contributed by atoms with van der Waals surface area (Å²) >= 11 is 6.01. The van der Waals surface area contributed by atoms with E-state index >= 15 is 0 Å². The van der Waals surface area contributed by atoms with Gasteiger partial charge in [0.1, 0.15) is 0 Å². The molecular weight excluding hydrogens is 188 g/mol. The molecule has 0 radical (unpaired) electrons. The molecule has 0 saturated carbocycles. The molecule has 0 fully saturated rings. The third kappa shape index (κ3) is 1.42. The number of aromatic amines is 1. The van der Waals surface area contributed by atoms with Crippen LogP contribution < -0.4 is 5.48 Å². The van der Waals surface area contributed by atoms with E-state index in [2.05, 4.69) is 10.5 Å². The SMILES string of the molecule is ONCc1c[nH]c2cccc(Cl)c12. The summed E-state index contributed by atoms with van der Waals surface area (Å²) in [6.45, 7) is 0.393. The minimum absolute atomic E-state index is 0.393. The smallest absolute Gasteiger partial charge is 0.0503 e. The Morgan fingerprint density at radius 2 is 2.31 bits per heavy atom. The molecule has 2 aromatic rings. The molecule has 1 aromatic heterocycles. The summed E-state index contributed by atoms with van der Waals surface area (Å²) in [5.74, 6) is 0. The molecule has 2 rings (SSSR count). The van der Waals surface area contributed by atoms with Crippen molar-refractivity contribution in [2.45, 2.75) is 6.54 Å². The van der Waals surface area contributed by atoms with E-state index in [0.29, 0.717) is 11.6 Å². The lowest BCUT2D eigenvalue weighted by Gasteiger charge is -1.98. The molecule has 0 bridgehead atoms. The summed E-state index contributed by atoms with van der Waals surface area (Å²) in [6.07, 6.45) is 1.83. The number of hydrogen-bond donors (Lipinski definition) is 3. The van der Waals surface area contributed by atoms with E-state index in [-0.39, 0.29) is 0 Å². The summed E-state index contributed by atoms with van der Waals surface area (Å²) in [5.41, 5.74) is 4.06. The number of hydroxylamine groups is 1. The highest BCUT2D eigenvalue weighted by Crippen LogP contribution is 2.26. The topological polar surface area (TPSA) is 48.0 Å². The van der Waals surface area contributed by atoms with Crippen LogP contribution in [0.2, 0.25) is 5.02 Å². The lowest BCUT2D eigenvalue weighted by Crippen LogP contribution is -2.05. The van der Waals surface area contributed by atoms with Crippen LogP contribution in [0.1, 0.15) is 5.56 Å². The molecule has 0 atom stereocenters. The molecule has 4 heteroatoms. The van der Waals surface area contributed by atoms with Crippen molar-refractivity contribution in [1.82, 2.24) is 10.5 Å². The zero-order chi connectivity index (χ0) is 9.26. The van der Waals surface area contributed by atoms with E-state index in [1.807, 2.05) is 24.4 Å². The Labute approximate surface area is 80.3 Å². The van der Waals surface area contributed by atoms with Crippen molar-refractivity contribution in [2.75, 3.05) is 0 Å². The lowest BCUT2D eigenvalue weighted by atomic mass is 10.2. The number of fused-ring (bicyclic) bond motifs is 1. The summed E-state index contributed by atoms with van der Waals surface area (Å²) in [4.78, 5) is 3.08. The first-order valence-electron chi connectivity index (χ1n) is 3.94. The number of halogens is 1. The third-order valence-electron chi connectivity index (χ3n) is 2.01. The van der Waals surface area contributed by atoms with Gasteiger partial charge in [-0.15, -0.1) is 0 Å². The zero-order valence-corrected chi connectivity index (χ0v) is 7.60. The molecule has 68 valence electrons. The maximum absolute atomic E-state index is 8.58. The van der Waals surface area contributed by atoms with E-state index in [1.165, 1.54) is 0 Å². The summed E-state index contributed by atoms with van der Waals surface area (Å²) in [6, 6.07) is 5.66. The second kappa shape index (κ2) is 3.38. The van der Waals surface area contributed by atoms with Gasteiger partial charge in [-0.25, -0.2) is 5.48 Å². The second-order valence-electron chi connectivity index (χ2n) is 2.81. The first-order valence-corrected chi connectivity index (χ1v) is 4.32. The van der Waals surface area contributed by atoms with Crippen LogP contribution in [-0.2, 0) is 6.54 Å². The Morgan fingerprint density at radius 3 is 3.08 bits per heavy atom. The molecule has 1 aromatic carbocycles. The van der Waals surface area contributed by atoms with E-state index in [9.17, 15) is 0 Å². The fourth-order valence-electron chi connectivity index (χ4n) is 1.43. The molecule has 0 amide bonds. The standard InChI is InChI=1S/C9H9ClN2O/c10-7-2-1-3-8-9(7)6(4-11-8)5-12-13/h1-4,11-13H,5H2. The van der Waals surface area contributed by atoms with Gasteiger partial charge in [0, 0.05) is 23.6 Å². The molecule has 0 aliphatic rings. The van der Waals surface area contributed by atoms with Crippen molar-refractivity contribution in [2.24, 2.45) is 0 Å². The van der Waals surface area contributed by atoms with Crippen LogP contribution in [0.3, 0.4) is 0 Å². The van der Waals surface area contributed by atoms with Gasteiger partial charge < -0.3 is 10.2 Å². The molecule has 13 heavy (non-hydrogen) atoms. The lowest BCUT2D eigenvalue weighted by molar-refractivity contribution is 0.161. The Morgan fingerprint density at radius 1 is 1.46 bits per heavy atom. The average molecular weight is 197 g/mol. The monoisotopic (exact) mass is 196 g/mol. The normalized spacial score (nSPS) is 10.9. The number of rotatable bonds is 2. The maximum Gasteiger partial charge on any atom is 0.0503 e. The van der Waals surface area contributed by atoms with Gasteiger partial charge in [0.05, 0.1) is 5.02 Å². The number of nitrogens with one attached hydrogen (secondary N) is 2. The van der Waals surface area contributed by atoms with Gasteiger partial charge in [0.2, 0.25) is 0 Å². The number of hydrogen-bond acceptors (Lipinski definition) is 2. The summed E-state index contributed by atoms with van der Waals surface area (Å²) < 4.78 is 0. The second-order valence-corrected chi connectivity index (χ2v) is 3.22. The Bertz CT molecular complexity index is 424. The van der Waals surface area contributed by atoms with Gasteiger partial charge in [0.15, 0.2) is 0 Å². The highest BCUT2D eigenvalue weighted by atomic mass is 35.5. The van der Waals surface area contributed by atoms with Gasteiger partial charge in [-0.1, -0.05) is 17.7 Å². The molecule has 0 aliphatic carbocycles. The highest BCUT2D eigenvalue weighted by Gasteiger charge is 2.05. The van der Waals surface area contributed by atoms with Crippen molar-refractivity contribution in [1.29, 1.82) is 0 Å². The van der Waals surface area contributed by atoms with Crippen LogP contribution in [0.5, 0.6) is 0 Å². The van der Waals surface area contributed by atoms with Crippen molar-refractivity contribution < 1.29 is 5.21 Å². The molecule has 3 nitrogen and oxygen atoms in total. The third-order valence-corrected chi connectivity index (χ3v) is 2.32. The first kappa shape index (κ1) is 8.56. The van der Waals surface area contributed by atoms with Crippen LogP contribution in [0.25, 0.3) is 10.9 Å². The van der Waals surface area contributed by atoms with Gasteiger partial charge in [-0.05, 0) is 17.7 Å². The Hall–Kier alpha value is -1.03. The number of benzene rings is 1. The minimum atomic E-state index is 0.393. The minimum Gasteiger partial charge on any atom is -0.361 e. The van der Waals surface area contributed by atoms with E-state index < -0.39 is 0 Å². The fourth-order valence-corrected chi connectivity index (χ4v) is 1.73. The van der Waals surface area contributed by atoms with Crippen LogP contribution in [0.15, 0.2) is 24.4 Å². The zero-order valence-electron chi connectivity index (χ0n) is 6.84. The average Bonchev–Trinajstić information content (AvgIpc) is 2.51. The van der Waals surface area contributed by atoms with Crippen molar-refractivity contribution >= 4 is 22.5 Å². The van der Waals surface area contributed by atoms with Gasteiger partial charge in [-0.3, -0.25) is 0 Å². The molecule has 0 unspecified atom stereocenters. The Balaban J connectivity index is 2.64. The molecule has 3 N–H and O–H groups in total. The van der Waals surface area contributed by atoms with Gasteiger partial charge >= 0.3 is 0 Å². The largest absolute Gasteiger partial charge is 0.361 e. The van der Waals surface area contributed by atoms with Crippen molar-refractivity contribution in [3.05, 3.63) is 35.0 Å². The van der Waals surface area contributed by atoms with E-state index in [0.717, 1.165) is 16.5 Å². The van der Waals surface area contributed by atoms with Crippen molar-refractivity contribution in [3.63, 3.8) is 0 Å². The molecule has 0 saturated heterocycles. The maximum atomic E-state index is 8.58.